The fourth-order valence-electron chi connectivity index (χ4n) is 3.05. The Hall–Kier alpha value is -1.71. The molecule has 3 rings (SSSR count). The summed E-state index contributed by atoms with van der Waals surface area (Å²) in [6.07, 6.45) is 6.16. The van der Waals surface area contributed by atoms with Crippen LogP contribution in [0.25, 0.3) is 0 Å². The number of aryl methyl sites for hydroxylation is 1. The summed E-state index contributed by atoms with van der Waals surface area (Å²) in [6.45, 7) is 0. The summed E-state index contributed by atoms with van der Waals surface area (Å²) in [4.78, 5) is 4.37. The van der Waals surface area contributed by atoms with Gasteiger partial charge in [-0.3, -0.25) is 16.3 Å². The van der Waals surface area contributed by atoms with E-state index in [0.29, 0.717) is 12.0 Å². The van der Waals surface area contributed by atoms with Crippen LogP contribution in [-0.4, -0.2) is 11.0 Å². The predicted octanol–water partition coefficient (Wildman–Crippen LogP) is 2.58. The van der Waals surface area contributed by atoms with Gasteiger partial charge in [-0.15, -0.1) is 0 Å². The summed E-state index contributed by atoms with van der Waals surface area (Å²) in [5, 5.41) is 0. The molecule has 1 heterocycles. The van der Waals surface area contributed by atoms with Crippen molar-refractivity contribution in [2.24, 2.45) is 5.84 Å². The molecule has 0 spiro atoms. The first-order valence-electron chi connectivity index (χ1n) is 7.30. The first-order valence-corrected chi connectivity index (χ1v) is 7.30. The van der Waals surface area contributed by atoms with E-state index in [4.69, 9.17) is 5.84 Å². The van der Waals surface area contributed by atoms with Gasteiger partial charge in [-0.2, -0.15) is 0 Å². The number of nitrogens with zero attached hydrogens (tertiary/aromatic N) is 1. The van der Waals surface area contributed by atoms with Crippen LogP contribution in [0.15, 0.2) is 48.7 Å². The van der Waals surface area contributed by atoms with Crippen LogP contribution < -0.4 is 11.3 Å². The molecule has 3 nitrogen and oxygen atoms in total. The van der Waals surface area contributed by atoms with Gasteiger partial charge in [-0.1, -0.05) is 30.3 Å². The Morgan fingerprint density at radius 2 is 2.05 bits per heavy atom. The van der Waals surface area contributed by atoms with E-state index in [0.717, 1.165) is 25.0 Å². The molecule has 3 N–H and O–H groups in total. The van der Waals surface area contributed by atoms with Crippen LogP contribution in [0.5, 0.6) is 0 Å². The first kappa shape index (κ1) is 13.3. The fourth-order valence-corrected chi connectivity index (χ4v) is 3.05. The third-order valence-electron chi connectivity index (χ3n) is 4.24. The summed E-state index contributed by atoms with van der Waals surface area (Å²) in [7, 11) is 0. The van der Waals surface area contributed by atoms with Gasteiger partial charge >= 0.3 is 0 Å². The quantitative estimate of drug-likeness (QED) is 0.625. The molecule has 20 heavy (non-hydrogen) atoms. The lowest BCUT2D eigenvalue weighted by atomic mass is 9.74. The van der Waals surface area contributed by atoms with Gasteiger partial charge in [-0.05, 0) is 54.9 Å². The molecule has 1 aromatic heterocycles. The van der Waals surface area contributed by atoms with Crippen LogP contribution >= 0.6 is 0 Å². The molecule has 0 aliphatic heterocycles. The minimum Gasteiger partial charge on any atom is -0.271 e. The SMILES string of the molecule is NNC(CCc1ccccn1)CC1Cc2ccccc21. The summed E-state index contributed by atoms with van der Waals surface area (Å²) in [5.74, 6) is 6.38. The van der Waals surface area contributed by atoms with Crippen LogP contribution in [0, 0.1) is 0 Å². The number of pyridine rings is 1. The van der Waals surface area contributed by atoms with Gasteiger partial charge in [0.1, 0.15) is 0 Å². The van der Waals surface area contributed by atoms with Crippen molar-refractivity contribution in [1.29, 1.82) is 0 Å². The highest BCUT2D eigenvalue weighted by atomic mass is 15.2. The first-order chi connectivity index (χ1) is 9.86. The average molecular weight is 267 g/mol. The van der Waals surface area contributed by atoms with Gasteiger partial charge in [-0.25, -0.2) is 0 Å². The topological polar surface area (TPSA) is 50.9 Å². The number of benzene rings is 1. The summed E-state index contributed by atoms with van der Waals surface area (Å²) < 4.78 is 0. The molecule has 104 valence electrons. The smallest absolute Gasteiger partial charge is 0.0404 e. The van der Waals surface area contributed by atoms with E-state index in [1.807, 2.05) is 18.3 Å². The molecule has 0 amide bonds. The monoisotopic (exact) mass is 267 g/mol. The molecule has 2 unspecified atom stereocenters. The molecule has 1 aliphatic carbocycles. The van der Waals surface area contributed by atoms with Gasteiger partial charge in [0.15, 0.2) is 0 Å². The third-order valence-corrected chi connectivity index (χ3v) is 4.24. The second kappa shape index (κ2) is 6.16. The maximum atomic E-state index is 5.71. The molecular formula is C17H21N3. The molecule has 0 fully saturated rings. The number of hydrogen-bond donors (Lipinski definition) is 2. The van der Waals surface area contributed by atoms with E-state index in [1.54, 1.807) is 0 Å². The average Bonchev–Trinajstić information content (AvgIpc) is 2.49. The van der Waals surface area contributed by atoms with Crippen LogP contribution in [0.4, 0.5) is 0 Å². The zero-order valence-electron chi connectivity index (χ0n) is 11.6. The van der Waals surface area contributed by atoms with Crippen molar-refractivity contribution in [3.05, 3.63) is 65.5 Å². The largest absolute Gasteiger partial charge is 0.271 e. The van der Waals surface area contributed by atoms with E-state index < -0.39 is 0 Å². The molecule has 0 saturated carbocycles. The van der Waals surface area contributed by atoms with Crippen molar-refractivity contribution in [2.45, 2.75) is 37.6 Å². The Morgan fingerprint density at radius 1 is 1.20 bits per heavy atom. The van der Waals surface area contributed by atoms with Crippen molar-refractivity contribution < 1.29 is 0 Å². The second-order valence-electron chi connectivity index (χ2n) is 5.56. The van der Waals surface area contributed by atoms with Gasteiger partial charge in [0.2, 0.25) is 0 Å². The van der Waals surface area contributed by atoms with Crippen LogP contribution in [0.3, 0.4) is 0 Å². The number of aromatic nitrogens is 1. The van der Waals surface area contributed by atoms with E-state index in [2.05, 4.69) is 40.7 Å². The Kier molecular flexibility index (Phi) is 4.09. The molecule has 0 saturated heterocycles. The molecular weight excluding hydrogens is 246 g/mol. The highest BCUT2D eigenvalue weighted by Gasteiger charge is 2.27. The van der Waals surface area contributed by atoms with Crippen molar-refractivity contribution in [3.8, 4) is 0 Å². The summed E-state index contributed by atoms with van der Waals surface area (Å²) in [5.41, 5.74) is 7.12. The maximum Gasteiger partial charge on any atom is 0.0404 e. The minimum atomic E-state index is 0.357. The summed E-state index contributed by atoms with van der Waals surface area (Å²) >= 11 is 0. The van der Waals surface area contributed by atoms with Crippen LogP contribution in [0.1, 0.15) is 35.6 Å². The summed E-state index contributed by atoms with van der Waals surface area (Å²) in [6, 6.07) is 15.1. The number of hydrogen-bond acceptors (Lipinski definition) is 3. The molecule has 1 aromatic carbocycles. The molecule has 1 aliphatic rings. The predicted molar refractivity (Wildman–Crippen MR) is 81.2 cm³/mol. The number of fused-ring (bicyclic) bond motifs is 1. The Labute approximate surface area is 120 Å². The maximum absolute atomic E-state index is 5.71. The number of rotatable bonds is 6. The van der Waals surface area contributed by atoms with Crippen molar-refractivity contribution >= 4 is 0 Å². The van der Waals surface area contributed by atoms with Crippen LogP contribution in [-0.2, 0) is 12.8 Å². The van der Waals surface area contributed by atoms with Gasteiger partial charge in [0.25, 0.3) is 0 Å². The standard InChI is InChI=1S/C17H21N3/c18-20-16(9-8-15-6-3-4-10-19-15)12-14-11-13-5-1-2-7-17(13)14/h1-7,10,14,16,20H,8-9,11-12,18H2. The lowest BCUT2D eigenvalue weighted by Crippen LogP contribution is -2.38. The zero-order chi connectivity index (χ0) is 13.8. The van der Waals surface area contributed by atoms with E-state index in [1.165, 1.54) is 17.5 Å². The normalized spacial score (nSPS) is 18.1. The molecule has 0 bridgehead atoms. The molecule has 3 heteroatoms. The molecule has 2 atom stereocenters. The van der Waals surface area contributed by atoms with Gasteiger partial charge in [0, 0.05) is 17.9 Å². The minimum absolute atomic E-state index is 0.357. The fraction of sp³-hybridized carbons (Fsp3) is 0.353. The molecule has 0 radical (unpaired) electrons. The van der Waals surface area contributed by atoms with Gasteiger partial charge in [0.05, 0.1) is 0 Å². The Balaban J connectivity index is 1.54. The zero-order valence-corrected chi connectivity index (χ0v) is 11.6. The van der Waals surface area contributed by atoms with E-state index in [9.17, 15) is 0 Å². The second-order valence-corrected chi connectivity index (χ2v) is 5.56. The van der Waals surface area contributed by atoms with Crippen molar-refractivity contribution in [1.82, 2.24) is 10.4 Å². The molecule has 2 aromatic rings. The lowest BCUT2D eigenvalue weighted by Gasteiger charge is -2.32. The highest BCUT2D eigenvalue weighted by Crippen LogP contribution is 2.38. The Bertz CT molecular complexity index is 553. The lowest BCUT2D eigenvalue weighted by molar-refractivity contribution is 0.403. The number of nitrogens with two attached hydrogens (primary N) is 1. The highest BCUT2D eigenvalue weighted by molar-refractivity contribution is 5.39. The van der Waals surface area contributed by atoms with E-state index >= 15 is 0 Å². The van der Waals surface area contributed by atoms with Crippen LogP contribution in [0.2, 0.25) is 0 Å². The number of nitrogens with one attached hydrogen (secondary N) is 1. The number of hydrazine groups is 1. The van der Waals surface area contributed by atoms with Crippen molar-refractivity contribution in [3.63, 3.8) is 0 Å². The van der Waals surface area contributed by atoms with Crippen molar-refractivity contribution in [2.75, 3.05) is 0 Å². The van der Waals surface area contributed by atoms with Gasteiger partial charge < -0.3 is 0 Å². The Morgan fingerprint density at radius 3 is 2.80 bits per heavy atom. The van der Waals surface area contributed by atoms with E-state index in [-0.39, 0.29) is 0 Å². The third kappa shape index (κ3) is 2.89.